The van der Waals surface area contributed by atoms with Gasteiger partial charge < -0.3 is 5.32 Å². The Balaban J connectivity index is 2.11. The lowest BCUT2D eigenvalue weighted by Crippen LogP contribution is -2.23. The predicted molar refractivity (Wildman–Crippen MR) is 85.1 cm³/mol. The van der Waals surface area contributed by atoms with Gasteiger partial charge in [0.2, 0.25) is 0 Å². The molecule has 0 aliphatic heterocycles. The Labute approximate surface area is 128 Å². The summed E-state index contributed by atoms with van der Waals surface area (Å²) in [7, 11) is 0. The average molecular weight is 312 g/mol. The van der Waals surface area contributed by atoms with Crippen molar-refractivity contribution in [2.75, 3.05) is 6.54 Å². The minimum atomic E-state index is -0.344. The second kappa shape index (κ2) is 7.77. The van der Waals surface area contributed by atoms with Gasteiger partial charge >= 0.3 is 0 Å². The zero-order valence-electron chi connectivity index (χ0n) is 11.5. The quantitative estimate of drug-likeness (QED) is 0.739. The van der Waals surface area contributed by atoms with E-state index in [1.54, 1.807) is 17.4 Å². The molecule has 1 N–H and O–H groups in total. The molecule has 0 amide bonds. The molecule has 1 aromatic carbocycles. The fourth-order valence-electron chi connectivity index (χ4n) is 2.22. The first-order chi connectivity index (χ1) is 9.72. The maximum Gasteiger partial charge on any atom is 0.142 e. The van der Waals surface area contributed by atoms with E-state index in [1.807, 2.05) is 6.07 Å². The first-order valence-corrected chi connectivity index (χ1v) is 8.17. The summed E-state index contributed by atoms with van der Waals surface area (Å²) in [5.74, 6) is -0.344. The smallest absolute Gasteiger partial charge is 0.142 e. The molecule has 0 fully saturated rings. The van der Waals surface area contributed by atoms with E-state index < -0.39 is 0 Å². The topological polar surface area (TPSA) is 12.0 Å². The van der Waals surface area contributed by atoms with E-state index in [0.29, 0.717) is 0 Å². The molecular weight excluding hydrogens is 293 g/mol. The Morgan fingerprint density at radius 2 is 2.15 bits per heavy atom. The molecule has 0 radical (unpaired) electrons. The van der Waals surface area contributed by atoms with Crippen LogP contribution in [0.1, 0.15) is 36.2 Å². The minimum Gasteiger partial charge on any atom is -0.310 e. The number of thiophene rings is 1. The van der Waals surface area contributed by atoms with Crippen molar-refractivity contribution in [3.05, 3.63) is 57.0 Å². The zero-order chi connectivity index (χ0) is 14.4. The van der Waals surface area contributed by atoms with E-state index in [1.165, 1.54) is 10.9 Å². The second-order valence-corrected chi connectivity index (χ2v) is 6.18. The fraction of sp³-hybridized carbons (Fsp3) is 0.375. The van der Waals surface area contributed by atoms with Crippen LogP contribution in [0.5, 0.6) is 0 Å². The van der Waals surface area contributed by atoms with Crippen LogP contribution in [0.25, 0.3) is 0 Å². The van der Waals surface area contributed by atoms with Gasteiger partial charge in [0.15, 0.2) is 0 Å². The Morgan fingerprint density at radius 1 is 1.30 bits per heavy atom. The van der Waals surface area contributed by atoms with Gasteiger partial charge in [-0.25, -0.2) is 4.39 Å². The normalized spacial score (nSPS) is 12.6. The number of halogens is 2. The van der Waals surface area contributed by atoms with Crippen LogP contribution in [0.4, 0.5) is 4.39 Å². The molecule has 1 aromatic heterocycles. The summed E-state index contributed by atoms with van der Waals surface area (Å²) in [5.41, 5.74) is 0.858. The van der Waals surface area contributed by atoms with Crippen molar-refractivity contribution in [1.29, 1.82) is 0 Å². The van der Waals surface area contributed by atoms with Gasteiger partial charge in [-0.3, -0.25) is 0 Å². The van der Waals surface area contributed by atoms with Gasteiger partial charge in [-0.2, -0.15) is 0 Å². The van der Waals surface area contributed by atoms with E-state index >= 15 is 0 Å². The molecule has 1 nitrogen and oxygen atoms in total. The van der Waals surface area contributed by atoms with Crippen molar-refractivity contribution >= 4 is 22.9 Å². The standard InChI is InChI=1S/C16H19ClFNS/c1-2-10-19-15(9-8-12-5-4-11-20-12)13-6-3-7-14(18)16(13)17/h3-7,11,15,19H,2,8-10H2,1H3. The number of benzene rings is 1. The van der Waals surface area contributed by atoms with Crippen molar-refractivity contribution in [2.24, 2.45) is 0 Å². The Morgan fingerprint density at radius 3 is 2.85 bits per heavy atom. The van der Waals surface area contributed by atoms with Crippen molar-refractivity contribution < 1.29 is 4.39 Å². The van der Waals surface area contributed by atoms with Gasteiger partial charge in [0.25, 0.3) is 0 Å². The van der Waals surface area contributed by atoms with Gasteiger partial charge in [-0.05, 0) is 48.9 Å². The van der Waals surface area contributed by atoms with Gasteiger partial charge in [0, 0.05) is 10.9 Å². The summed E-state index contributed by atoms with van der Waals surface area (Å²) in [5, 5.41) is 5.79. The lowest BCUT2D eigenvalue weighted by atomic mass is 10.0. The van der Waals surface area contributed by atoms with E-state index in [4.69, 9.17) is 11.6 Å². The summed E-state index contributed by atoms with van der Waals surface area (Å²) < 4.78 is 13.6. The van der Waals surface area contributed by atoms with Crippen LogP contribution in [0.15, 0.2) is 35.7 Å². The fourth-order valence-corrected chi connectivity index (χ4v) is 3.20. The highest BCUT2D eigenvalue weighted by molar-refractivity contribution is 7.09. The maximum absolute atomic E-state index is 13.6. The summed E-state index contributed by atoms with van der Waals surface area (Å²) in [6.45, 7) is 3.03. The molecule has 1 heterocycles. The third kappa shape index (κ3) is 4.05. The van der Waals surface area contributed by atoms with E-state index in [2.05, 4.69) is 29.8 Å². The van der Waals surface area contributed by atoms with E-state index in [-0.39, 0.29) is 16.9 Å². The van der Waals surface area contributed by atoms with Crippen LogP contribution in [0.3, 0.4) is 0 Å². The van der Waals surface area contributed by atoms with Crippen LogP contribution in [0.2, 0.25) is 5.02 Å². The molecule has 0 saturated heterocycles. The minimum absolute atomic E-state index is 0.0975. The lowest BCUT2D eigenvalue weighted by molar-refractivity contribution is 0.497. The second-order valence-electron chi connectivity index (χ2n) is 4.77. The van der Waals surface area contributed by atoms with E-state index in [9.17, 15) is 4.39 Å². The maximum atomic E-state index is 13.6. The Kier molecular flexibility index (Phi) is 6.02. The molecule has 1 unspecified atom stereocenters. The highest BCUT2D eigenvalue weighted by atomic mass is 35.5. The largest absolute Gasteiger partial charge is 0.310 e. The molecular formula is C16H19ClFNS. The molecule has 4 heteroatoms. The highest BCUT2D eigenvalue weighted by Gasteiger charge is 2.16. The first-order valence-electron chi connectivity index (χ1n) is 6.92. The number of nitrogens with one attached hydrogen (secondary N) is 1. The van der Waals surface area contributed by atoms with Gasteiger partial charge in [0.05, 0.1) is 5.02 Å². The number of hydrogen-bond acceptors (Lipinski definition) is 2. The summed E-state index contributed by atoms with van der Waals surface area (Å²) in [6.07, 6.45) is 2.94. The van der Waals surface area contributed by atoms with Crippen molar-refractivity contribution in [1.82, 2.24) is 5.32 Å². The van der Waals surface area contributed by atoms with Crippen LogP contribution < -0.4 is 5.32 Å². The summed E-state index contributed by atoms with van der Waals surface area (Å²) in [4.78, 5) is 1.35. The van der Waals surface area contributed by atoms with Crippen molar-refractivity contribution in [2.45, 2.75) is 32.2 Å². The molecule has 2 rings (SSSR count). The Hall–Kier alpha value is -0.900. The molecule has 0 saturated carbocycles. The lowest BCUT2D eigenvalue weighted by Gasteiger charge is -2.20. The third-order valence-electron chi connectivity index (χ3n) is 3.26. The summed E-state index contributed by atoms with van der Waals surface area (Å²) in [6, 6.07) is 9.33. The molecule has 0 bridgehead atoms. The molecule has 0 aliphatic carbocycles. The van der Waals surface area contributed by atoms with Crippen LogP contribution >= 0.6 is 22.9 Å². The van der Waals surface area contributed by atoms with Crippen LogP contribution in [-0.4, -0.2) is 6.54 Å². The van der Waals surface area contributed by atoms with Crippen molar-refractivity contribution in [3.8, 4) is 0 Å². The number of hydrogen-bond donors (Lipinski definition) is 1. The molecule has 108 valence electrons. The van der Waals surface area contributed by atoms with E-state index in [0.717, 1.165) is 31.4 Å². The Bertz CT molecular complexity index is 527. The summed E-state index contributed by atoms with van der Waals surface area (Å²) >= 11 is 7.87. The monoisotopic (exact) mass is 311 g/mol. The molecule has 2 aromatic rings. The number of rotatable bonds is 7. The van der Waals surface area contributed by atoms with Gasteiger partial charge in [0.1, 0.15) is 5.82 Å². The molecule has 0 spiro atoms. The zero-order valence-corrected chi connectivity index (χ0v) is 13.1. The molecule has 20 heavy (non-hydrogen) atoms. The molecule has 1 atom stereocenters. The number of aryl methyl sites for hydroxylation is 1. The third-order valence-corrected chi connectivity index (χ3v) is 4.59. The average Bonchev–Trinajstić information content (AvgIpc) is 2.96. The van der Waals surface area contributed by atoms with Crippen LogP contribution in [-0.2, 0) is 6.42 Å². The molecule has 0 aliphatic rings. The van der Waals surface area contributed by atoms with Crippen LogP contribution in [0, 0.1) is 5.82 Å². The van der Waals surface area contributed by atoms with Gasteiger partial charge in [-0.15, -0.1) is 11.3 Å². The van der Waals surface area contributed by atoms with Crippen molar-refractivity contribution in [3.63, 3.8) is 0 Å². The first kappa shape index (κ1) is 15.5. The highest BCUT2D eigenvalue weighted by Crippen LogP contribution is 2.29. The SMILES string of the molecule is CCCNC(CCc1cccs1)c1cccc(F)c1Cl. The van der Waals surface area contributed by atoms with Gasteiger partial charge in [-0.1, -0.05) is 36.7 Å². The predicted octanol–water partition coefficient (Wildman–Crippen LogP) is 5.21.